The third-order valence-corrected chi connectivity index (χ3v) is 4.51. The van der Waals surface area contributed by atoms with E-state index in [1.165, 1.54) is 6.42 Å². The standard InChI is InChI=1S/C16H31N7O3/c17-13(10-5-2-1-3-6-10)15(26)22-9-12(24)23-11(14(18)25)7-4-8-21-16(19)20/h10-11,13H,1-9,17H2,(H2,18,25)(H,22,26)(H,23,24)(H4,19,20,21)/t11-,13?/m0/s1. The summed E-state index contributed by atoms with van der Waals surface area (Å²) in [7, 11) is 0. The van der Waals surface area contributed by atoms with E-state index in [9.17, 15) is 14.4 Å². The molecule has 26 heavy (non-hydrogen) atoms. The van der Waals surface area contributed by atoms with E-state index in [-0.39, 0.29) is 24.3 Å². The van der Waals surface area contributed by atoms with Gasteiger partial charge in [-0.1, -0.05) is 19.3 Å². The second-order valence-electron chi connectivity index (χ2n) is 6.61. The third kappa shape index (κ3) is 8.15. The summed E-state index contributed by atoms with van der Waals surface area (Å²) in [4.78, 5) is 39.3. The van der Waals surface area contributed by atoms with Crippen LogP contribution >= 0.6 is 0 Å². The van der Waals surface area contributed by atoms with Crippen molar-refractivity contribution < 1.29 is 14.4 Å². The maximum Gasteiger partial charge on any atom is 0.240 e. The van der Waals surface area contributed by atoms with E-state index in [4.69, 9.17) is 22.9 Å². The molecule has 148 valence electrons. The summed E-state index contributed by atoms with van der Waals surface area (Å²) in [6.07, 6.45) is 5.96. The van der Waals surface area contributed by atoms with Gasteiger partial charge in [0.2, 0.25) is 17.7 Å². The van der Waals surface area contributed by atoms with E-state index >= 15 is 0 Å². The minimum atomic E-state index is -0.847. The molecule has 1 aliphatic carbocycles. The molecule has 1 fully saturated rings. The number of rotatable bonds is 10. The Morgan fingerprint density at radius 1 is 1.08 bits per heavy atom. The summed E-state index contributed by atoms with van der Waals surface area (Å²) in [5.74, 6) is -1.40. The molecule has 0 spiro atoms. The molecule has 1 unspecified atom stereocenters. The number of nitrogens with one attached hydrogen (secondary N) is 2. The van der Waals surface area contributed by atoms with Gasteiger partial charge in [-0.3, -0.25) is 19.4 Å². The van der Waals surface area contributed by atoms with Crippen LogP contribution in [0.15, 0.2) is 4.99 Å². The highest BCUT2D eigenvalue weighted by Gasteiger charge is 2.26. The fraction of sp³-hybridized carbons (Fsp3) is 0.750. The number of hydrogen-bond acceptors (Lipinski definition) is 5. The number of guanidine groups is 1. The van der Waals surface area contributed by atoms with Gasteiger partial charge < -0.3 is 33.6 Å². The highest BCUT2D eigenvalue weighted by molar-refractivity contribution is 5.90. The van der Waals surface area contributed by atoms with Crippen molar-refractivity contribution in [1.29, 1.82) is 0 Å². The molecule has 0 aliphatic heterocycles. The van der Waals surface area contributed by atoms with E-state index in [0.29, 0.717) is 19.4 Å². The molecule has 1 aliphatic rings. The fourth-order valence-electron chi connectivity index (χ4n) is 3.03. The Morgan fingerprint density at radius 2 is 1.73 bits per heavy atom. The van der Waals surface area contributed by atoms with Gasteiger partial charge in [-0.25, -0.2) is 0 Å². The molecular weight excluding hydrogens is 338 g/mol. The van der Waals surface area contributed by atoms with Crippen LogP contribution in [-0.2, 0) is 14.4 Å². The number of carbonyl (C=O) groups is 3. The fourth-order valence-corrected chi connectivity index (χ4v) is 3.03. The molecule has 1 rings (SSSR count). The lowest BCUT2D eigenvalue weighted by atomic mass is 9.84. The summed E-state index contributed by atoms with van der Waals surface area (Å²) >= 11 is 0. The largest absolute Gasteiger partial charge is 0.370 e. The van der Waals surface area contributed by atoms with Crippen molar-refractivity contribution >= 4 is 23.7 Å². The highest BCUT2D eigenvalue weighted by Crippen LogP contribution is 2.25. The minimum absolute atomic E-state index is 0.0401. The molecular formula is C16H31N7O3. The lowest BCUT2D eigenvalue weighted by Gasteiger charge is -2.26. The van der Waals surface area contributed by atoms with Crippen LogP contribution in [0.1, 0.15) is 44.9 Å². The van der Waals surface area contributed by atoms with Crippen molar-refractivity contribution in [3.63, 3.8) is 0 Å². The van der Waals surface area contributed by atoms with Crippen LogP contribution in [0.3, 0.4) is 0 Å². The maximum atomic E-state index is 12.1. The average Bonchev–Trinajstić information content (AvgIpc) is 2.61. The van der Waals surface area contributed by atoms with E-state index in [2.05, 4.69) is 15.6 Å². The van der Waals surface area contributed by atoms with Crippen molar-refractivity contribution in [2.24, 2.45) is 33.8 Å². The normalized spacial score (nSPS) is 17.0. The second kappa shape index (κ2) is 11.3. The van der Waals surface area contributed by atoms with Gasteiger partial charge in [-0.2, -0.15) is 0 Å². The van der Waals surface area contributed by atoms with Gasteiger partial charge >= 0.3 is 0 Å². The molecule has 0 heterocycles. The van der Waals surface area contributed by atoms with Gasteiger partial charge in [-0.05, 0) is 31.6 Å². The minimum Gasteiger partial charge on any atom is -0.370 e. The molecule has 0 bridgehead atoms. The molecule has 0 saturated heterocycles. The Morgan fingerprint density at radius 3 is 2.31 bits per heavy atom. The predicted molar refractivity (Wildman–Crippen MR) is 98.6 cm³/mol. The Kier molecular flexibility index (Phi) is 9.42. The predicted octanol–water partition coefficient (Wildman–Crippen LogP) is -1.97. The van der Waals surface area contributed by atoms with Crippen LogP contribution < -0.4 is 33.6 Å². The van der Waals surface area contributed by atoms with Crippen LogP contribution in [0.2, 0.25) is 0 Å². The van der Waals surface area contributed by atoms with Gasteiger partial charge in [0.15, 0.2) is 5.96 Å². The molecule has 10 N–H and O–H groups in total. The number of aliphatic imine (C=N–C) groups is 1. The van der Waals surface area contributed by atoms with Crippen LogP contribution in [0.25, 0.3) is 0 Å². The first-order valence-electron chi connectivity index (χ1n) is 8.98. The van der Waals surface area contributed by atoms with Crippen molar-refractivity contribution in [2.75, 3.05) is 13.1 Å². The number of carbonyl (C=O) groups excluding carboxylic acids is 3. The molecule has 2 atom stereocenters. The molecule has 10 heteroatoms. The smallest absolute Gasteiger partial charge is 0.240 e. The van der Waals surface area contributed by atoms with E-state index in [0.717, 1.165) is 25.7 Å². The summed E-state index contributed by atoms with van der Waals surface area (Å²) < 4.78 is 0. The Bertz CT molecular complexity index is 514. The number of primary amides is 1. The topological polar surface area (TPSA) is 192 Å². The molecule has 0 aromatic rings. The van der Waals surface area contributed by atoms with Crippen molar-refractivity contribution in [3.8, 4) is 0 Å². The first kappa shape index (κ1) is 21.7. The molecule has 0 aromatic carbocycles. The van der Waals surface area contributed by atoms with E-state index in [1.807, 2.05) is 0 Å². The van der Waals surface area contributed by atoms with Gasteiger partial charge in [0.25, 0.3) is 0 Å². The van der Waals surface area contributed by atoms with Gasteiger partial charge in [-0.15, -0.1) is 0 Å². The number of nitrogens with zero attached hydrogens (tertiary/aromatic N) is 1. The Balaban J connectivity index is 2.36. The zero-order valence-electron chi connectivity index (χ0n) is 15.1. The molecule has 0 aromatic heterocycles. The zero-order valence-corrected chi connectivity index (χ0v) is 15.1. The van der Waals surface area contributed by atoms with E-state index < -0.39 is 23.9 Å². The number of nitrogens with two attached hydrogens (primary N) is 4. The summed E-state index contributed by atoms with van der Waals surface area (Å²) in [5, 5.41) is 5.02. The highest BCUT2D eigenvalue weighted by atomic mass is 16.2. The van der Waals surface area contributed by atoms with Crippen molar-refractivity contribution in [1.82, 2.24) is 10.6 Å². The molecule has 10 nitrogen and oxygen atoms in total. The zero-order chi connectivity index (χ0) is 19.5. The van der Waals surface area contributed by atoms with Gasteiger partial charge in [0.1, 0.15) is 6.04 Å². The quantitative estimate of drug-likeness (QED) is 0.147. The lowest BCUT2D eigenvalue weighted by Crippen LogP contribution is -2.51. The van der Waals surface area contributed by atoms with Gasteiger partial charge in [0.05, 0.1) is 12.6 Å². The lowest BCUT2D eigenvalue weighted by molar-refractivity contribution is -0.129. The molecule has 1 saturated carbocycles. The van der Waals surface area contributed by atoms with Crippen LogP contribution in [0.5, 0.6) is 0 Å². The average molecular weight is 369 g/mol. The first-order chi connectivity index (χ1) is 12.3. The molecule has 3 amide bonds. The van der Waals surface area contributed by atoms with Crippen molar-refractivity contribution in [3.05, 3.63) is 0 Å². The summed E-state index contributed by atoms with van der Waals surface area (Å²) in [5.41, 5.74) is 21.7. The molecule has 0 radical (unpaired) electrons. The maximum absolute atomic E-state index is 12.1. The van der Waals surface area contributed by atoms with Crippen LogP contribution in [0.4, 0.5) is 0 Å². The monoisotopic (exact) mass is 369 g/mol. The third-order valence-electron chi connectivity index (χ3n) is 4.51. The van der Waals surface area contributed by atoms with Crippen LogP contribution in [-0.4, -0.2) is 48.9 Å². The Hall–Kier alpha value is -2.36. The number of amides is 3. The SMILES string of the molecule is NC(=O)[C@H](CCCN=C(N)N)NC(=O)CNC(=O)C(N)C1CCCCC1. The van der Waals surface area contributed by atoms with E-state index in [1.54, 1.807) is 0 Å². The number of hydrogen-bond donors (Lipinski definition) is 6. The first-order valence-corrected chi connectivity index (χ1v) is 8.98. The summed E-state index contributed by atoms with van der Waals surface area (Å²) in [6, 6.07) is -1.46. The van der Waals surface area contributed by atoms with Crippen molar-refractivity contribution in [2.45, 2.75) is 57.0 Å². The second-order valence-corrected chi connectivity index (χ2v) is 6.61. The summed E-state index contributed by atoms with van der Waals surface area (Å²) in [6.45, 7) is 0.0753. The van der Waals surface area contributed by atoms with Gasteiger partial charge in [0, 0.05) is 6.54 Å². The van der Waals surface area contributed by atoms with Crippen LogP contribution in [0, 0.1) is 5.92 Å². The Labute approximate surface area is 153 Å².